The zero-order valence-electron chi connectivity index (χ0n) is 16.8. The molecule has 0 aromatic heterocycles. The molecule has 0 heterocycles. The topological polar surface area (TPSA) is 71.1 Å². The van der Waals surface area contributed by atoms with Gasteiger partial charge in [0.15, 0.2) is 0 Å². The summed E-state index contributed by atoms with van der Waals surface area (Å²) in [4.78, 5) is 21.5. The van der Waals surface area contributed by atoms with E-state index in [0.717, 1.165) is 0 Å². The third kappa shape index (κ3) is 5.30. The normalized spacial score (nSPS) is 18.1. The minimum atomic E-state index is -8.67. The Morgan fingerprint density at radius 3 is 0.811 bits per heavy atom. The number of rotatable bonds is 10. The van der Waals surface area contributed by atoms with Crippen LogP contribution in [0.15, 0.2) is 0 Å². The number of carbonyl (C=O) groups is 2. The van der Waals surface area contributed by atoms with Gasteiger partial charge in [-0.2, -0.15) is 79.0 Å². The van der Waals surface area contributed by atoms with E-state index in [1.165, 1.54) is 0 Å². The second-order valence-corrected chi connectivity index (χ2v) is 6.13. The number of esters is 2. The molecule has 0 aromatic carbocycles. The van der Waals surface area contributed by atoms with Crippen LogP contribution in [-0.2, 0) is 28.5 Å². The molecule has 24 heteroatoms. The summed E-state index contributed by atoms with van der Waals surface area (Å²) in [6.45, 7) is 0. The average molecular weight is 600 g/mol. The number of hydrogen-bond donors (Lipinski definition) is 0. The Labute approximate surface area is 189 Å². The van der Waals surface area contributed by atoms with E-state index in [0.29, 0.717) is 0 Å². The molecule has 0 aliphatic rings. The van der Waals surface area contributed by atoms with E-state index in [2.05, 4.69) is 9.47 Å². The van der Waals surface area contributed by atoms with E-state index in [1.807, 2.05) is 0 Å². The average Bonchev–Trinajstić information content (AvgIpc) is 2.69. The monoisotopic (exact) mass is 600 g/mol. The van der Waals surface area contributed by atoms with Crippen LogP contribution in [0.4, 0.5) is 79.0 Å². The summed E-state index contributed by atoms with van der Waals surface area (Å²) in [6.07, 6.45) is -30.6. The van der Waals surface area contributed by atoms with Crippen LogP contribution in [-0.4, -0.2) is 80.2 Å². The number of alkyl halides is 18. The van der Waals surface area contributed by atoms with Crippen molar-refractivity contribution in [3.05, 3.63) is 0 Å². The van der Waals surface area contributed by atoms with Crippen molar-refractivity contribution < 1.29 is 108 Å². The van der Waals surface area contributed by atoms with Crippen molar-refractivity contribution in [2.45, 2.75) is 54.0 Å². The van der Waals surface area contributed by atoms with Gasteiger partial charge in [0.2, 0.25) is 0 Å². The van der Waals surface area contributed by atoms with Crippen molar-refractivity contribution in [2.75, 3.05) is 14.2 Å². The maximum Gasteiger partial charge on any atom is 0.460 e. The highest BCUT2D eigenvalue weighted by atomic mass is 19.4. The van der Waals surface area contributed by atoms with Crippen molar-refractivity contribution in [3.8, 4) is 0 Å². The van der Waals surface area contributed by atoms with Crippen molar-refractivity contribution in [1.82, 2.24) is 0 Å². The summed E-state index contributed by atoms with van der Waals surface area (Å²) in [5.41, 5.74) is 0. The molecule has 0 amide bonds. The molecule has 0 bridgehead atoms. The molecule has 220 valence electrons. The summed E-state index contributed by atoms with van der Waals surface area (Å²) < 4.78 is 247. The summed E-state index contributed by atoms with van der Waals surface area (Å²) in [6, 6.07) is 0. The van der Waals surface area contributed by atoms with Crippen LogP contribution in [0.1, 0.15) is 0 Å². The largest absolute Gasteiger partial charge is 0.465 e. The van der Waals surface area contributed by atoms with Gasteiger partial charge in [-0.05, 0) is 0 Å². The van der Waals surface area contributed by atoms with E-state index < -0.39 is 66.0 Å². The van der Waals surface area contributed by atoms with Gasteiger partial charge >= 0.3 is 66.0 Å². The number of carbonyl (C=O) groups excluding carboxylic acids is 2. The lowest BCUT2D eigenvalue weighted by Crippen LogP contribution is -2.71. The fourth-order valence-corrected chi connectivity index (χ4v) is 1.74. The van der Waals surface area contributed by atoms with Gasteiger partial charge in [0.05, 0.1) is 14.2 Å². The fraction of sp³-hybridized carbons (Fsp3) is 0.846. The smallest absolute Gasteiger partial charge is 0.460 e. The SMILES string of the molecule is COC(=O)C(F)(OC(F)(F)C(F)(F)C(F)(F)C(F)(F)C(F)(F)OC(F)(C(=O)OC)C(F)(F)F)C(F)(F)F. The van der Waals surface area contributed by atoms with E-state index in [-0.39, 0.29) is 14.2 Å². The molecule has 0 aliphatic heterocycles. The van der Waals surface area contributed by atoms with Gasteiger partial charge in [-0.25, -0.2) is 9.59 Å². The molecule has 0 N–H and O–H groups in total. The van der Waals surface area contributed by atoms with Crippen LogP contribution in [0, 0.1) is 0 Å². The molecule has 2 unspecified atom stereocenters. The number of ether oxygens (including phenoxy) is 4. The summed E-state index contributed by atoms with van der Waals surface area (Å²) in [5.74, 6) is -47.0. The first kappa shape index (κ1) is 34.6. The zero-order valence-corrected chi connectivity index (χ0v) is 16.8. The molecule has 0 saturated carbocycles. The highest BCUT2D eigenvalue weighted by Gasteiger charge is 2.90. The number of halogens is 18. The fourth-order valence-electron chi connectivity index (χ4n) is 1.74. The molecule has 2 atom stereocenters. The lowest BCUT2D eigenvalue weighted by molar-refractivity contribution is -0.509. The molecular formula is C13H6F18O6. The molecular weight excluding hydrogens is 594 g/mol. The van der Waals surface area contributed by atoms with Gasteiger partial charge in [0, 0.05) is 0 Å². The molecule has 0 radical (unpaired) electrons. The Morgan fingerprint density at radius 1 is 0.432 bits per heavy atom. The highest BCUT2D eigenvalue weighted by Crippen LogP contribution is 2.60. The van der Waals surface area contributed by atoms with Crippen LogP contribution >= 0.6 is 0 Å². The molecule has 37 heavy (non-hydrogen) atoms. The molecule has 0 saturated heterocycles. The van der Waals surface area contributed by atoms with Gasteiger partial charge in [-0.15, -0.1) is 0 Å². The zero-order chi connectivity index (χ0) is 30.5. The lowest BCUT2D eigenvalue weighted by Gasteiger charge is -2.40. The lowest BCUT2D eigenvalue weighted by atomic mass is 10.0. The van der Waals surface area contributed by atoms with Crippen molar-refractivity contribution in [1.29, 1.82) is 0 Å². The molecule has 0 aromatic rings. The predicted molar refractivity (Wildman–Crippen MR) is 70.7 cm³/mol. The first-order valence-corrected chi connectivity index (χ1v) is 7.85. The standard InChI is InChI=1S/C13H6F18O6/c1-34-3(32)5(14,10(22,23)24)36-12(28,29)8(18,19)7(16,17)9(20,21)13(30,31)37-6(15,4(33)35-2)11(25,26)27/h1-2H3. The maximum atomic E-state index is 13.7. The second kappa shape index (κ2) is 9.41. The maximum absolute atomic E-state index is 13.7. The van der Waals surface area contributed by atoms with Crippen LogP contribution in [0.2, 0.25) is 0 Å². The van der Waals surface area contributed by atoms with Crippen LogP contribution in [0.3, 0.4) is 0 Å². The van der Waals surface area contributed by atoms with Gasteiger partial charge in [0.1, 0.15) is 0 Å². The minimum absolute atomic E-state index is 0.270. The Morgan fingerprint density at radius 2 is 0.649 bits per heavy atom. The second-order valence-electron chi connectivity index (χ2n) is 6.13. The first-order valence-electron chi connectivity index (χ1n) is 7.85. The summed E-state index contributed by atoms with van der Waals surface area (Å²) in [7, 11) is -0.540. The summed E-state index contributed by atoms with van der Waals surface area (Å²) in [5, 5.41) is 0. The predicted octanol–water partition coefficient (Wildman–Crippen LogP) is 4.91. The first-order chi connectivity index (χ1) is 15.9. The van der Waals surface area contributed by atoms with E-state index >= 15 is 0 Å². The third-order valence-electron chi connectivity index (χ3n) is 3.68. The van der Waals surface area contributed by atoms with E-state index in [4.69, 9.17) is 0 Å². The Hall–Kier alpha value is -2.40. The van der Waals surface area contributed by atoms with Crippen molar-refractivity contribution in [2.24, 2.45) is 0 Å². The summed E-state index contributed by atoms with van der Waals surface area (Å²) >= 11 is 0. The van der Waals surface area contributed by atoms with Crippen molar-refractivity contribution in [3.63, 3.8) is 0 Å². The van der Waals surface area contributed by atoms with Gasteiger partial charge in [-0.1, -0.05) is 0 Å². The molecule has 0 aliphatic carbocycles. The minimum Gasteiger partial charge on any atom is -0.465 e. The van der Waals surface area contributed by atoms with Crippen LogP contribution < -0.4 is 0 Å². The quantitative estimate of drug-likeness (QED) is 0.262. The highest BCUT2D eigenvalue weighted by molar-refractivity contribution is 5.79. The molecule has 0 spiro atoms. The van der Waals surface area contributed by atoms with Gasteiger partial charge in [-0.3, -0.25) is 9.47 Å². The van der Waals surface area contributed by atoms with Gasteiger partial charge < -0.3 is 9.47 Å². The molecule has 0 fully saturated rings. The molecule has 0 rings (SSSR count). The Kier molecular flexibility index (Phi) is 8.80. The van der Waals surface area contributed by atoms with Crippen LogP contribution in [0.25, 0.3) is 0 Å². The Bertz CT molecular complexity index is 797. The Balaban J connectivity index is 6.82. The van der Waals surface area contributed by atoms with Crippen molar-refractivity contribution >= 4 is 11.9 Å². The number of methoxy groups -OCH3 is 2. The van der Waals surface area contributed by atoms with E-state index in [1.54, 1.807) is 9.47 Å². The van der Waals surface area contributed by atoms with E-state index in [9.17, 15) is 88.6 Å². The number of hydrogen-bond acceptors (Lipinski definition) is 6. The van der Waals surface area contributed by atoms with Crippen LogP contribution in [0.5, 0.6) is 0 Å². The third-order valence-corrected chi connectivity index (χ3v) is 3.68. The molecule has 6 nitrogen and oxygen atoms in total. The van der Waals surface area contributed by atoms with Gasteiger partial charge in [0.25, 0.3) is 0 Å².